The zero-order valence-electron chi connectivity index (χ0n) is 7.70. The summed E-state index contributed by atoms with van der Waals surface area (Å²) in [6.45, 7) is 2.80. The molecule has 1 atom stereocenters. The van der Waals surface area contributed by atoms with Gasteiger partial charge in [0.1, 0.15) is 12.2 Å². The van der Waals surface area contributed by atoms with E-state index in [-0.39, 0.29) is 0 Å². The summed E-state index contributed by atoms with van der Waals surface area (Å²) in [4.78, 5) is 0. The third-order valence-corrected chi connectivity index (χ3v) is 2.03. The Morgan fingerprint density at radius 2 is 2.42 bits per heavy atom. The Balaban J connectivity index is 2.72. The van der Waals surface area contributed by atoms with Gasteiger partial charge in [-0.15, -0.1) is 10.2 Å². The van der Waals surface area contributed by atoms with Crippen molar-refractivity contribution in [2.24, 2.45) is 12.8 Å². The highest BCUT2D eigenvalue weighted by atomic mass is 15.2. The monoisotopic (exact) mass is 168 g/mol. The third-order valence-electron chi connectivity index (χ3n) is 2.03. The van der Waals surface area contributed by atoms with Gasteiger partial charge in [0.25, 0.3) is 0 Å². The molecular formula is C8H16N4. The van der Waals surface area contributed by atoms with E-state index in [1.54, 1.807) is 6.33 Å². The quantitative estimate of drug-likeness (QED) is 0.718. The smallest absolute Gasteiger partial charge is 0.136 e. The van der Waals surface area contributed by atoms with Crippen LogP contribution in [0, 0.1) is 0 Å². The van der Waals surface area contributed by atoms with Crippen LogP contribution in [0.3, 0.4) is 0 Å². The van der Waals surface area contributed by atoms with Gasteiger partial charge in [0, 0.05) is 19.5 Å². The van der Waals surface area contributed by atoms with Crippen molar-refractivity contribution in [3.05, 3.63) is 12.2 Å². The molecule has 0 amide bonds. The van der Waals surface area contributed by atoms with Crippen molar-refractivity contribution in [2.75, 3.05) is 6.54 Å². The molecule has 0 saturated heterocycles. The number of hydrogen-bond donors (Lipinski definition) is 1. The summed E-state index contributed by atoms with van der Waals surface area (Å²) in [5.41, 5.74) is 5.64. The van der Waals surface area contributed by atoms with E-state index < -0.39 is 0 Å². The lowest BCUT2D eigenvalue weighted by Gasteiger charge is -2.11. The first-order chi connectivity index (χ1) is 5.79. The van der Waals surface area contributed by atoms with Crippen molar-refractivity contribution in [1.82, 2.24) is 14.8 Å². The van der Waals surface area contributed by atoms with Gasteiger partial charge < -0.3 is 10.3 Å². The molecule has 12 heavy (non-hydrogen) atoms. The maximum atomic E-state index is 5.64. The van der Waals surface area contributed by atoms with Crippen molar-refractivity contribution in [2.45, 2.75) is 25.7 Å². The van der Waals surface area contributed by atoms with Crippen molar-refractivity contribution >= 4 is 0 Å². The number of aromatic nitrogens is 3. The molecule has 0 spiro atoms. The van der Waals surface area contributed by atoms with Crippen LogP contribution in [0.5, 0.6) is 0 Å². The van der Waals surface area contributed by atoms with Crippen LogP contribution < -0.4 is 5.73 Å². The second kappa shape index (κ2) is 4.21. The van der Waals surface area contributed by atoms with Crippen molar-refractivity contribution in [3.63, 3.8) is 0 Å². The maximum Gasteiger partial charge on any atom is 0.136 e. The van der Waals surface area contributed by atoms with E-state index in [0.717, 1.165) is 18.7 Å². The van der Waals surface area contributed by atoms with E-state index in [0.29, 0.717) is 12.5 Å². The Morgan fingerprint density at radius 3 is 2.83 bits per heavy atom. The van der Waals surface area contributed by atoms with Crippen LogP contribution in [0.1, 0.15) is 31.5 Å². The highest BCUT2D eigenvalue weighted by Gasteiger charge is 2.13. The van der Waals surface area contributed by atoms with Crippen molar-refractivity contribution in [1.29, 1.82) is 0 Å². The average Bonchev–Trinajstić information content (AvgIpc) is 2.47. The highest BCUT2D eigenvalue weighted by molar-refractivity contribution is 4.95. The van der Waals surface area contributed by atoms with Crippen molar-refractivity contribution < 1.29 is 0 Å². The molecule has 0 aliphatic rings. The number of nitrogens with two attached hydrogens (primary N) is 1. The molecule has 1 rings (SSSR count). The van der Waals surface area contributed by atoms with E-state index in [1.165, 1.54) is 0 Å². The van der Waals surface area contributed by atoms with Gasteiger partial charge in [-0.1, -0.05) is 13.3 Å². The largest absolute Gasteiger partial charge is 0.330 e. The van der Waals surface area contributed by atoms with Gasteiger partial charge in [0.2, 0.25) is 0 Å². The van der Waals surface area contributed by atoms with E-state index in [9.17, 15) is 0 Å². The Kier molecular flexibility index (Phi) is 3.22. The summed E-state index contributed by atoms with van der Waals surface area (Å²) in [5.74, 6) is 1.36. The van der Waals surface area contributed by atoms with Crippen molar-refractivity contribution in [3.8, 4) is 0 Å². The molecule has 0 bridgehead atoms. The Hall–Kier alpha value is -0.900. The molecule has 68 valence electrons. The van der Waals surface area contributed by atoms with Gasteiger partial charge in [0.15, 0.2) is 0 Å². The van der Waals surface area contributed by atoms with Crippen LogP contribution in [0.2, 0.25) is 0 Å². The first kappa shape index (κ1) is 9.19. The summed E-state index contributed by atoms with van der Waals surface area (Å²) < 4.78 is 1.94. The fraction of sp³-hybridized carbons (Fsp3) is 0.750. The molecule has 4 nitrogen and oxygen atoms in total. The number of nitrogens with zero attached hydrogens (tertiary/aromatic N) is 3. The summed E-state index contributed by atoms with van der Waals surface area (Å²) in [7, 11) is 1.95. The van der Waals surface area contributed by atoms with Crippen LogP contribution in [0.25, 0.3) is 0 Å². The Bertz CT molecular complexity index is 231. The standard InChI is InChI=1S/C8H16N4/c1-3-4-7(5-9)8-11-10-6-12(8)2/h6-7H,3-5,9H2,1-2H3. The molecule has 0 aromatic carbocycles. The van der Waals surface area contributed by atoms with E-state index in [1.807, 2.05) is 11.6 Å². The molecule has 1 aromatic rings. The first-order valence-electron chi connectivity index (χ1n) is 4.33. The van der Waals surface area contributed by atoms with Crippen LogP contribution >= 0.6 is 0 Å². The molecule has 0 aliphatic carbocycles. The molecule has 0 fully saturated rings. The van der Waals surface area contributed by atoms with E-state index in [4.69, 9.17) is 5.73 Å². The van der Waals surface area contributed by atoms with Crippen LogP contribution in [-0.4, -0.2) is 21.3 Å². The van der Waals surface area contributed by atoms with Gasteiger partial charge >= 0.3 is 0 Å². The molecule has 1 aromatic heterocycles. The van der Waals surface area contributed by atoms with E-state index >= 15 is 0 Å². The Labute approximate surface area is 72.8 Å². The molecular weight excluding hydrogens is 152 g/mol. The topological polar surface area (TPSA) is 56.7 Å². The minimum absolute atomic E-state index is 0.363. The number of aryl methyl sites for hydroxylation is 1. The molecule has 1 heterocycles. The summed E-state index contributed by atoms with van der Waals surface area (Å²) in [6.07, 6.45) is 3.94. The lowest BCUT2D eigenvalue weighted by Crippen LogP contribution is -2.16. The maximum absolute atomic E-state index is 5.64. The minimum Gasteiger partial charge on any atom is -0.330 e. The predicted molar refractivity (Wildman–Crippen MR) is 47.7 cm³/mol. The summed E-state index contributed by atoms with van der Waals surface area (Å²) in [5, 5.41) is 7.87. The van der Waals surface area contributed by atoms with Crippen LogP contribution in [0.15, 0.2) is 6.33 Å². The van der Waals surface area contributed by atoms with Gasteiger partial charge in [-0.25, -0.2) is 0 Å². The van der Waals surface area contributed by atoms with Gasteiger partial charge in [-0.3, -0.25) is 0 Å². The average molecular weight is 168 g/mol. The van der Waals surface area contributed by atoms with Gasteiger partial charge in [0.05, 0.1) is 0 Å². The molecule has 1 unspecified atom stereocenters. The fourth-order valence-corrected chi connectivity index (χ4v) is 1.36. The summed E-state index contributed by atoms with van der Waals surface area (Å²) in [6, 6.07) is 0. The first-order valence-corrected chi connectivity index (χ1v) is 4.33. The second-order valence-corrected chi connectivity index (χ2v) is 3.02. The summed E-state index contributed by atoms with van der Waals surface area (Å²) >= 11 is 0. The second-order valence-electron chi connectivity index (χ2n) is 3.02. The fourth-order valence-electron chi connectivity index (χ4n) is 1.36. The van der Waals surface area contributed by atoms with Gasteiger partial charge in [-0.05, 0) is 6.42 Å². The molecule has 0 radical (unpaired) electrons. The zero-order chi connectivity index (χ0) is 8.97. The van der Waals surface area contributed by atoms with Crippen LogP contribution in [0.4, 0.5) is 0 Å². The SMILES string of the molecule is CCCC(CN)c1nncn1C. The normalized spacial score (nSPS) is 13.2. The third kappa shape index (κ3) is 1.82. The lowest BCUT2D eigenvalue weighted by atomic mass is 10.0. The number of rotatable bonds is 4. The highest BCUT2D eigenvalue weighted by Crippen LogP contribution is 2.16. The van der Waals surface area contributed by atoms with E-state index in [2.05, 4.69) is 17.1 Å². The molecule has 0 saturated carbocycles. The number of hydrogen-bond acceptors (Lipinski definition) is 3. The molecule has 0 aliphatic heterocycles. The van der Waals surface area contributed by atoms with Gasteiger partial charge in [-0.2, -0.15) is 0 Å². The molecule has 4 heteroatoms. The predicted octanol–water partition coefficient (Wildman–Crippen LogP) is 0.657. The Morgan fingerprint density at radius 1 is 1.67 bits per heavy atom. The zero-order valence-corrected chi connectivity index (χ0v) is 7.70. The molecule has 2 N–H and O–H groups in total. The minimum atomic E-state index is 0.363. The van der Waals surface area contributed by atoms with Crippen LogP contribution in [-0.2, 0) is 7.05 Å². The lowest BCUT2D eigenvalue weighted by molar-refractivity contribution is 0.567.